The van der Waals surface area contributed by atoms with E-state index in [2.05, 4.69) is 42.6 Å². The van der Waals surface area contributed by atoms with Crippen molar-refractivity contribution in [1.29, 1.82) is 0 Å². The summed E-state index contributed by atoms with van der Waals surface area (Å²) in [4.78, 5) is 11.9. The summed E-state index contributed by atoms with van der Waals surface area (Å²) in [6.45, 7) is 2.78. The van der Waals surface area contributed by atoms with Crippen molar-refractivity contribution < 1.29 is 4.79 Å². The summed E-state index contributed by atoms with van der Waals surface area (Å²) in [5.74, 6) is 0.0217. The first-order valence-corrected chi connectivity index (χ1v) is 7.20. The zero-order valence-electron chi connectivity index (χ0n) is 11.9. The van der Waals surface area contributed by atoms with E-state index in [-0.39, 0.29) is 5.91 Å². The van der Waals surface area contributed by atoms with E-state index in [0.29, 0.717) is 0 Å². The molecule has 0 radical (unpaired) electrons. The fourth-order valence-electron chi connectivity index (χ4n) is 2.14. The molecule has 0 bridgehead atoms. The molecule has 0 aliphatic carbocycles. The Hall–Kier alpha value is -2.09. The minimum atomic E-state index is 0.0217. The van der Waals surface area contributed by atoms with Crippen molar-refractivity contribution in [2.45, 2.75) is 26.2 Å². The lowest BCUT2D eigenvalue weighted by molar-refractivity contribution is 0.0953. The third-order valence-corrected chi connectivity index (χ3v) is 3.27. The lowest BCUT2D eigenvalue weighted by Gasteiger charge is -2.06. The highest BCUT2D eigenvalue weighted by Gasteiger charge is 2.05. The normalized spacial score (nSPS) is 10.2. The molecule has 2 heteroatoms. The molecule has 0 aliphatic rings. The summed E-state index contributed by atoms with van der Waals surface area (Å²) in [5.41, 5.74) is 3.29. The van der Waals surface area contributed by atoms with Gasteiger partial charge in [-0.15, -0.1) is 0 Å². The minimum Gasteiger partial charge on any atom is -0.352 e. The van der Waals surface area contributed by atoms with E-state index in [4.69, 9.17) is 0 Å². The maximum absolute atomic E-state index is 11.9. The second-order valence-electron chi connectivity index (χ2n) is 4.94. The predicted octanol–water partition coefficient (Wildman–Crippen LogP) is 3.61. The first kappa shape index (κ1) is 14.3. The number of carbonyl (C=O) groups excluding carboxylic acids is 1. The van der Waals surface area contributed by atoms with Gasteiger partial charge in [0.2, 0.25) is 0 Å². The largest absolute Gasteiger partial charge is 0.352 e. The Morgan fingerprint density at radius 1 is 0.950 bits per heavy atom. The zero-order chi connectivity index (χ0) is 14.2. The molecular formula is C18H21NO. The van der Waals surface area contributed by atoms with Gasteiger partial charge >= 0.3 is 0 Å². The highest BCUT2D eigenvalue weighted by molar-refractivity contribution is 5.94. The van der Waals surface area contributed by atoms with Gasteiger partial charge in [-0.1, -0.05) is 49.4 Å². The monoisotopic (exact) mass is 267 g/mol. The van der Waals surface area contributed by atoms with E-state index < -0.39 is 0 Å². The van der Waals surface area contributed by atoms with Crippen molar-refractivity contribution in [3.8, 4) is 0 Å². The van der Waals surface area contributed by atoms with Gasteiger partial charge in [0.05, 0.1) is 0 Å². The van der Waals surface area contributed by atoms with Gasteiger partial charge in [-0.25, -0.2) is 0 Å². The smallest absolute Gasteiger partial charge is 0.251 e. The number of hydrogen-bond acceptors (Lipinski definition) is 1. The van der Waals surface area contributed by atoms with Crippen molar-refractivity contribution in [3.63, 3.8) is 0 Å². The molecule has 0 heterocycles. The molecule has 1 N–H and O–H groups in total. The lowest BCUT2D eigenvalue weighted by Crippen LogP contribution is -2.23. The number of carbonyl (C=O) groups is 1. The second kappa shape index (κ2) is 7.49. The Kier molecular flexibility index (Phi) is 5.36. The van der Waals surface area contributed by atoms with Gasteiger partial charge in [-0.2, -0.15) is 0 Å². The number of aryl methyl sites for hydroxylation is 2. The van der Waals surface area contributed by atoms with Crippen LogP contribution in [0.3, 0.4) is 0 Å². The average Bonchev–Trinajstić information content (AvgIpc) is 2.52. The van der Waals surface area contributed by atoms with Crippen molar-refractivity contribution in [2.75, 3.05) is 6.54 Å². The number of nitrogens with one attached hydrogen (secondary N) is 1. The van der Waals surface area contributed by atoms with Crippen LogP contribution >= 0.6 is 0 Å². The fraction of sp³-hybridized carbons (Fsp3) is 0.278. The van der Waals surface area contributed by atoms with E-state index in [1.165, 1.54) is 11.1 Å². The maximum atomic E-state index is 11.9. The Morgan fingerprint density at radius 3 is 2.40 bits per heavy atom. The molecule has 2 rings (SSSR count). The predicted molar refractivity (Wildman–Crippen MR) is 82.9 cm³/mol. The Balaban J connectivity index is 1.97. The third kappa shape index (κ3) is 4.23. The molecule has 0 spiro atoms. The standard InChI is InChI=1S/C18H21NO/c1-2-13-19-18(20)17-10-6-9-16(14-17)12-11-15-7-4-3-5-8-15/h3-10,14H,2,11-13H2,1H3,(H,19,20). The summed E-state index contributed by atoms with van der Waals surface area (Å²) in [6.07, 6.45) is 2.92. The quantitative estimate of drug-likeness (QED) is 0.851. The van der Waals surface area contributed by atoms with Crippen LogP contribution < -0.4 is 5.32 Å². The zero-order valence-corrected chi connectivity index (χ0v) is 11.9. The van der Waals surface area contributed by atoms with Crippen molar-refractivity contribution in [3.05, 3.63) is 71.3 Å². The summed E-state index contributed by atoms with van der Waals surface area (Å²) in [5, 5.41) is 2.91. The highest BCUT2D eigenvalue weighted by Crippen LogP contribution is 2.10. The van der Waals surface area contributed by atoms with Crippen LogP contribution in [-0.2, 0) is 12.8 Å². The van der Waals surface area contributed by atoms with E-state index >= 15 is 0 Å². The Morgan fingerprint density at radius 2 is 1.65 bits per heavy atom. The Bertz CT molecular complexity index is 548. The lowest BCUT2D eigenvalue weighted by atomic mass is 10.0. The van der Waals surface area contributed by atoms with Crippen LogP contribution in [-0.4, -0.2) is 12.5 Å². The Labute approximate surface area is 120 Å². The molecule has 0 atom stereocenters. The molecule has 0 saturated heterocycles. The van der Waals surface area contributed by atoms with Crippen LogP contribution in [0.25, 0.3) is 0 Å². The van der Waals surface area contributed by atoms with Gasteiger partial charge in [0.25, 0.3) is 5.91 Å². The van der Waals surface area contributed by atoms with Crippen LogP contribution in [0.2, 0.25) is 0 Å². The summed E-state index contributed by atoms with van der Waals surface area (Å²) in [7, 11) is 0. The first-order valence-electron chi connectivity index (χ1n) is 7.20. The van der Waals surface area contributed by atoms with Gasteiger partial charge < -0.3 is 5.32 Å². The van der Waals surface area contributed by atoms with E-state index in [0.717, 1.165) is 31.4 Å². The van der Waals surface area contributed by atoms with E-state index in [1.807, 2.05) is 24.3 Å². The van der Waals surface area contributed by atoms with Crippen molar-refractivity contribution in [2.24, 2.45) is 0 Å². The molecule has 0 aromatic heterocycles. The van der Waals surface area contributed by atoms with E-state index in [9.17, 15) is 4.79 Å². The van der Waals surface area contributed by atoms with Gasteiger partial charge in [0, 0.05) is 12.1 Å². The molecule has 0 aliphatic heterocycles. The molecule has 1 amide bonds. The molecule has 2 nitrogen and oxygen atoms in total. The molecule has 20 heavy (non-hydrogen) atoms. The fourth-order valence-corrected chi connectivity index (χ4v) is 2.14. The number of hydrogen-bond donors (Lipinski definition) is 1. The van der Waals surface area contributed by atoms with Gasteiger partial charge in [0.1, 0.15) is 0 Å². The van der Waals surface area contributed by atoms with Crippen LogP contribution in [0.1, 0.15) is 34.8 Å². The number of rotatable bonds is 6. The SMILES string of the molecule is CCCNC(=O)c1cccc(CCc2ccccc2)c1. The molecule has 2 aromatic rings. The molecule has 0 saturated carbocycles. The molecular weight excluding hydrogens is 246 g/mol. The average molecular weight is 267 g/mol. The second-order valence-corrected chi connectivity index (χ2v) is 4.94. The maximum Gasteiger partial charge on any atom is 0.251 e. The molecule has 2 aromatic carbocycles. The van der Waals surface area contributed by atoms with Crippen LogP contribution in [0, 0.1) is 0 Å². The van der Waals surface area contributed by atoms with Crippen LogP contribution in [0.15, 0.2) is 54.6 Å². The molecule has 104 valence electrons. The van der Waals surface area contributed by atoms with Gasteiger partial charge in [-0.05, 0) is 42.5 Å². The van der Waals surface area contributed by atoms with Crippen molar-refractivity contribution in [1.82, 2.24) is 5.32 Å². The first-order chi connectivity index (χ1) is 9.79. The van der Waals surface area contributed by atoms with E-state index in [1.54, 1.807) is 0 Å². The topological polar surface area (TPSA) is 29.1 Å². The van der Waals surface area contributed by atoms with Crippen LogP contribution in [0.4, 0.5) is 0 Å². The number of benzene rings is 2. The summed E-state index contributed by atoms with van der Waals surface area (Å²) < 4.78 is 0. The molecule has 0 unspecified atom stereocenters. The van der Waals surface area contributed by atoms with Gasteiger partial charge in [0.15, 0.2) is 0 Å². The summed E-state index contributed by atoms with van der Waals surface area (Å²) in [6, 6.07) is 18.3. The summed E-state index contributed by atoms with van der Waals surface area (Å²) >= 11 is 0. The number of amides is 1. The highest BCUT2D eigenvalue weighted by atomic mass is 16.1. The van der Waals surface area contributed by atoms with Crippen LogP contribution in [0.5, 0.6) is 0 Å². The third-order valence-electron chi connectivity index (χ3n) is 3.27. The molecule has 0 fully saturated rings. The van der Waals surface area contributed by atoms with Crippen molar-refractivity contribution >= 4 is 5.91 Å². The van der Waals surface area contributed by atoms with Gasteiger partial charge in [-0.3, -0.25) is 4.79 Å². The minimum absolute atomic E-state index is 0.0217.